The molecular formula is C30H24F3NO2. The zero-order chi connectivity index (χ0) is 25.3. The lowest BCUT2D eigenvalue weighted by molar-refractivity contribution is -0.137. The van der Waals surface area contributed by atoms with Crippen LogP contribution in [0.1, 0.15) is 34.3 Å². The summed E-state index contributed by atoms with van der Waals surface area (Å²) in [6.07, 6.45) is -0.183. The fraction of sp³-hybridized carbons (Fsp3) is 0.167. The Morgan fingerprint density at radius 3 is 2.14 bits per heavy atom. The van der Waals surface area contributed by atoms with E-state index in [-0.39, 0.29) is 5.56 Å². The topological polar surface area (TPSA) is 49.3 Å². The third-order valence-electron chi connectivity index (χ3n) is 6.59. The Bertz CT molecular complexity index is 1450. The zero-order valence-corrected chi connectivity index (χ0v) is 19.4. The van der Waals surface area contributed by atoms with Crippen LogP contribution in [-0.4, -0.2) is 24.2 Å². The summed E-state index contributed by atoms with van der Waals surface area (Å²) in [6.45, 7) is 1.92. The molecule has 1 aliphatic heterocycles. The summed E-state index contributed by atoms with van der Waals surface area (Å²) in [7, 11) is 0. The Labute approximate surface area is 206 Å². The lowest BCUT2D eigenvalue weighted by atomic mass is 9.92. The molecule has 1 heterocycles. The molecule has 0 unspecified atom stereocenters. The molecule has 36 heavy (non-hydrogen) atoms. The first-order valence-electron chi connectivity index (χ1n) is 11.8. The largest absolute Gasteiger partial charge is 0.478 e. The number of halogens is 3. The van der Waals surface area contributed by atoms with Crippen molar-refractivity contribution < 1.29 is 23.1 Å². The number of carboxylic acid groups (broad SMARTS) is 1. The van der Waals surface area contributed by atoms with E-state index >= 15 is 0 Å². The monoisotopic (exact) mass is 487 g/mol. The maximum Gasteiger partial charge on any atom is 0.416 e. The van der Waals surface area contributed by atoms with E-state index in [9.17, 15) is 23.1 Å². The summed E-state index contributed by atoms with van der Waals surface area (Å²) in [5.41, 5.74) is 4.96. The number of hydrogen-bond donors (Lipinski definition) is 2. The van der Waals surface area contributed by atoms with Gasteiger partial charge in [-0.3, -0.25) is 0 Å². The van der Waals surface area contributed by atoms with Gasteiger partial charge in [-0.05, 0) is 100 Å². The van der Waals surface area contributed by atoms with E-state index < -0.39 is 17.7 Å². The van der Waals surface area contributed by atoms with E-state index in [1.54, 1.807) is 12.1 Å². The van der Waals surface area contributed by atoms with Crippen LogP contribution in [0.15, 0.2) is 84.9 Å². The Morgan fingerprint density at radius 1 is 0.778 bits per heavy atom. The molecule has 0 aliphatic carbocycles. The molecule has 0 radical (unpaired) electrons. The molecule has 0 bridgehead atoms. The number of carbonyl (C=O) groups is 1. The molecule has 0 aromatic heterocycles. The second-order valence-electron chi connectivity index (χ2n) is 8.94. The van der Waals surface area contributed by atoms with Crippen molar-refractivity contribution in [2.45, 2.75) is 19.0 Å². The van der Waals surface area contributed by atoms with E-state index in [1.165, 1.54) is 17.7 Å². The van der Waals surface area contributed by atoms with Crippen molar-refractivity contribution >= 4 is 22.3 Å². The minimum Gasteiger partial charge on any atom is -0.478 e. The highest BCUT2D eigenvalue weighted by molar-refractivity contribution is 6.04. The van der Waals surface area contributed by atoms with Gasteiger partial charge in [0.1, 0.15) is 0 Å². The first-order chi connectivity index (χ1) is 17.3. The van der Waals surface area contributed by atoms with Gasteiger partial charge in [-0.1, -0.05) is 54.6 Å². The fourth-order valence-corrected chi connectivity index (χ4v) is 4.69. The SMILES string of the molecule is O=C(O)c1cc(-c2ccc(C3=CCCNCC3)cc2)c2ccc(-c3ccc(C(F)(F)F)cc3)cc2c1. The summed E-state index contributed by atoms with van der Waals surface area (Å²) in [5, 5.41) is 14.7. The van der Waals surface area contributed by atoms with E-state index in [1.807, 2.05) is 30.3 Å². The maximum absolute atomic E-state index is 12.9. The number of alkyl halides is 3. The van der Waals surface area contributed by atoms with Crippen LogP contribution < -0.4 is 5.32 Å². The van der Waals surface area contributed by atoms with Crippen molar-refractivity contribution in [2.24, 2.45) is 0 Å². The summed E-state index contributed by atoms with van der Waals surface area (Å²) in [6, 6.07) is 22.0. The van der Waals surface area contributed by atoms with E-state index in [4.69, 9.17) is 0 Å². The average molecular weight is 488 g/mol. The maximum atomic E-state index is 12.9. The smallest absolute Gasteiger partial charge is 0.416 e. The van der Waals surface area contributed by atoms with Crippen LogP contribution in [0.25, 0.3) is 38.6 Å². The summed E-state index contributed by atoms with van der Waals surface area (Å²) < 4.78 is 38.8. The van der Waals surface area contributed by atoms with Gasteiger partial charge in [0.2, 0.25) is 0 Å². The lowest BCUT2D eigenvalue weighted by Crippen LogP contribution is -2.13. The van der Waals surface area contributed by atoms with Crippen LogP contribution in [0.4, 0.5) is 13.2 Å². The predicted octanol–water partition coefficient (Wildman–Crippen LogP) is 7.66. The van der Waals surface area contributed by atoms with E-state index in [0.29, 0.717) is 16.5 Å². The van der Waals surface area contributed by atoms with Gasteiger partial charge in [0, 0.05) is 0 Å². The molecule has 3 nitrogen and oxygen atoms in total. The predicted molar refractivity (Wildman–Crippen MR) is 137 cm³/mol. The van der Waals surface area contributed by atoms with Crippen molar-refractivity contribution in [3.05, 3.63) is 102 Å². The third kappa shape index (κ3) is 4.90. The number of aromatic carboxylic acids is 1. The molecule has 0 saturated heterocycles. The number of fused-ring (bicyclic) bond motifs is 1. The van der Waals surface area contributed by atoms with Crippen molar-refractivity contribution in [3.8, 4) is 22.3 Å². The average Bonchev–Trinajstić information content (AvgIpc) is 3.17. The van der Waals surface area contributed by atoms with Crippen LogP contribution in [0.3, 0.4) is 0 Å². The Hall–Kier alpha value is -3.90. The number of nitrogens with one attached hydrogen (secondary N) is 1. The molecule has 2 N–H and O–H groups in total. The molecule has 4 aromatic rings. The van der Waals surface area contributed by atoms with Gasteiger partial charge in [0.25, 0.3) is 0 Å². The molecule has 6 heteroatoms. The van der Waals surface area contributed by atoms with Crippen LogP contribution >= 0.6 is 0 Å². The highest BCUT2D eigenvalue weighted by Crippen LogP contribution is 2.35. The molecule has 5 rings (SSSR count). The van der Waals surface area contributed by atoms with Gasteiger partial charge in [0.05, 0.1) is 11.1 Å². The zero-order valence-electron chi connectivity index (χ0n) is 19.4. The van der Waals surface area contributed by atoms with Crippen molar-refractivity contribution in [3.63, 3.8) is 0 Å². The lowest BCUT2D eigenvalue weighted by Gasteiger charge is -2.13. The van der Waals surface area contributed by atoms with Gasteiger partial charge in [-0.2, -0.15) is 13.2 Å². The van der Waals surface area contributed by atoms with Gasteiger partial charge < -0.3 is 10.4 Å². The van der Waals surface area contributed by atoms with Crippen molar-refractivity contribution in [1.29, 1.82) is 0 Å². The van der Waals surface area contributed by atoms with Gasteiger partial charge in [-0.15, -0.1) is 0 Å². The highest BCUT2D eigenvalue weighted by atomic mass is 19.4. The normalized spacial score (nSPS) is 14.4. The first kappa shape index (κ1) is 23.8. The second kappa shape index (κ2) is 9.63. The molecule has 0 saturated carbocycles. The molecule has 4 aromatic carbocycles. The van der Waals surface area contributed by atoms with Gasteiger partial charge >= 0.3 is 12.1 Å². The molecule has 1 aliphatic rings. The molecule has 0 atom stereocenters. The van der Waals surface area contributed by atoms with Crippen molar-refractivity contribution in [2.75, 3.05) is 13.1 Å². The van der Waals surface area contributed by atoms with E-state index in [0.717, 1.165) is 60.1 Å². The van der Waals surface area contributed by atoms with Crippen molar-refractivity contribution in [1.82, 2.24) is 5.32 Å². The van der Waals surface area contributed by atoms with Crippen LogP contribution in [0, 0.1) is 0 Å². The molecule has 0 amide bonds. The number of rotatable bonds is 4. The quantitative estimate of drug-likeness (QED) is 0.311. The fourth-order valence-electron chi connectivity index (χ4n) is 4.69. The van der Waals surface area contributed by atoms with Crippen LogP contribution in [-0.2, 0) is 6.18 Å². The Morgan fingerprint density at radius 2 is 1.44 bits per heavy atom. The summed E-state index contributed by atoms with van der Waals surface area (Å²) in [5.74, 6) is -1.04. The Kier molecular flexibility index (Phi) is 6.37. The summed E-state index contributed by atoms with van der Waals surface area (Å²) in [4.78, 5) is 11.9. The molecular weight excluding hydrogens is 463 g/mol. The third-order valence-corrected chi connectivity index (χ3v) is 6.59. The van der Waals surface area contributed by atoms with Gasteiger partial charge in [-0.25, -0.2) is 4.79 Å². The number of hydrogen-bond acceptors (Lipinski definition) is 2. The summed E-state index contributed by atoms with van der Waals surface area (Å²) >= 11 is 0. The minimum absolute atomic E-state index is 0.156. The van der Waals surface area contributed by atoms with Crippen LogP contribution in [0.5, 0.6) is 0 Å². The minimum atomic E-state index is -4.40. The number of benzene rings is 4. The van der Waals surface area contributed by atoms with Crippen LogP contribution in [0.2, 0.25) is 0 Å². The first-order valence-corrected chi connectivity index (χ1v) is 11.8. The van der Waals surface area contributed by atoms with E-state index in [2.05, 4.69) is 23.5 Å². The molecule has 0 spiro atoms. The van der Waals surface area contributed by atoms with Gasteiger partial charge in [0.15, 0.2) is 0 Å². The molecule has 182 valence electrons. The second-order valence-corrected chi connectivity index (χ2v) is 8.94. The Balaban J connectivity index is 1.55. The standard InChI is InChI=1S/C30H24F3NO2/c31-30(32,33)26-10-7-21(8-11-26)23-9-12-27-24(16-23)17-25(29(35)36)18-28(27)22-5-3-20(4-6-22)19-2-1-14-34-15-13-19/h2-12,16-18,34H,1,13-15H2,(H,35,36). The number of carboxylic acids is 1. The molecule has 0 fully saturated rings. The highest BCUT2D eigenvalue weighted by Gasteiger charge is 2.30.